The Bertz CT molecular complexity index is 290. The third kappa shape index (κ3) is 2.13. The molecule has 84 valence electrons. The van der Waals surface area contributed by atoms with Gasteiger partial charge in [0.25, 0.3) is 0 Å². The number of carbonyl (C=O) groups excluding carboxylic acids is 1. The van der Waals surface area contributed by atoms with Crippen molar-refractivity contribution in [2.24, 2.45) is 5.92 Å². The minimum atomic E-state index is -0.728. The summed E-state index contributed by atoms with van der Waals surface area (Å²) in [4.78, 5) is 11.4. The Morgan fingerprint density at radius 3 is 3.20 bits per heavy atom. The van der Waals surface area contributed by atoms with Gasteiger partial charge in [-0.25, -0.2) is 9.18 Å². The summed E-state index contributed by atoms with van der Waals surface area (Å²) in [5.74, 6) is -0.0151. The Hall–Kier alpha value is -1.06. The van der Waals surface area contributed by atoms with Gasteiger partial charge in [0.05, 0.1) is 6.61 Å². The number of halogens is 1. The van der Waals surface area contributed by atoms with Crippen LogP contribution in [-0.2, 0) is 9.53 Å². The molecule has 1 aliphatic carbocycles. The number of rotatable bonds is 2. The minimum Gasteiger partial charge on any atom is -0.461 e. The van der Waals surface area contributed by atoms with E-state index in [2.05, 4.69) is 5.32 Å². The molecule has 1 saturated carbocycles. The molecule has 0 spiro atoms. The summed E-state index contributed by atoms with van der Waals surface area (Å²) in [6, 6.07) is 0.0909. The van der Waals surface area contributed by atoms with E-state index in [1.165, 1.54) is 0 Å². The van der Waals surface area contributed by atoms with Crippen molar-refractivity contribution in [1.82, 2.24) is 5.32 Å². The predicted molar refractivity (Wildman–Crippen MR) is 53.9 cm³/mol. The lowest BCUT2D eigenvalue weighted by atomic mass is 9.85. The molecule has 4 heteroatoms. The maximum atomic E-state index is 13.1. The van der Waals surface area contributed by atoms with Gasteiger partial charge >= 0.3 is 5.97 Å². The van der Waals surface area contributed by atoms with Gasteiger partial charge in [0, 0.05) is 6.04 Å². The second-order valence-electron chi connectivity index (χ2n) is 4.13. The van der Waals surface area contributed by atoms with Gasteiger partial charge < -0.3 is 10.1 Å². The van der Waals surface area contributed by atoms with Crippen molar-refractivity contribution >= 4 is 5.97 Å². The molecular weight excluding hydrogens is 197 g/mol. The van der Waals surface area contributed by atoms with Gasteiger partial charge in [-0.1, -0.05) is 0 Å². The van der Waals surface area contributed by atoms with Gasteiger partial charge in [-0.05, 0) is 38.2 Å². The first-order valence-electron chi connectivity index (χ1n) is 5.50. The number of alkyl halides is 1. The first-order valence-corrected chi connectivity index (χ1v) is 5.50. The Labute approximate surface area is 88.7 Å². The smallest absolute Gasteiger partial charge is 0.354 e. The Balaban J connectivity index is 1.98. The largest absolute Gasteiger partial charge is 0.461 e. The van der Waals surface area contributed by atoms with Crippen LogP contribution >= 0.6 is 0 Å². The SMILES string of the molecule is CCOC(=O)C1=CC2CCC(F)CC2N1. The summed E-state index contributed by atoms with van der Waals surface area (Å²) in [5, 5.41) is 3.05. The average molecular weight is 213 g/mol. The van der Waals surface area contributed by atoms with Gasteiger partial charge in [-0.15, -0.1) is 0 Å². The molecule has 3 unspecified atom stereocenters. The highest BCUT2D eigenvalue weighted by Gasteiger charge is 2.35. The van der Waals surface area contributed by atoms with Crippen LogP contribution in [0.2, 0.25) is 0 Å². The number of ether oxygens (including phenoxy) is 1. The quantitative estimate of drug-likeness (QED) is 0.707. The van der Waals surface area contributed by atoms with E-state index in [0.717, 1.165) is 6.42 Å². The average Bonchev–Trinajstić information content (AvgIpc) is 2.60. The molecule has 2 aliphatic rings. The van der Waals surface area contributed by atoms with E-state index in [4.69, 9.17) is 4.74 Å². The van der Waals surface area contributed by atoms with E-state index in [0.29, 0.717) is 31.1 Å². The molecule has 0 aromatic carbocycles. The lowest BCUT2D eigenvalue weighted by molar-refractivity contribution is -0.138. The lowest BCUT2D eigenvalue weighted by Gasteiger charge is -2.27. The summed E-state index contributed by atoms with van der Waals surface area (Å²) in [6.45, 7) is 2.15. The molecule has 0 aromatic heterocycles. The lowest BCUT2D eigenvalue weighted by Crippen LogP contribution is -2.36. The van der Waals surface area contributed by atoms with Crippen molar-refractivity contribution in [3.8, 4) is 0 Å². The molecule has 1 heterocycles. The summed E-state index contributed by atoms with van der Waals surface area (Å²) < 4.78 is 18.0. The van der Waals surface area contributed by atoms with Crippen molar-refractivity contribution in [1.29, 1.82) is 0 Å². The Morgan fingerprint density at radius 2 is 2.47 bits per heavy atom. The molecule has 0 radical (unpaired) electrons. The molecule has 1 N–H and O–H groups in total. The maximum absolute atomic E-state index is 13.1. The van der Waals surface area contributed by atoms with Crippen LogP contribution < -0.4 is 5.32 Å². The zero-order chi connectivity index (χ0) is 10.8. The molecule has 1 aliphatic heterocycles. The fraction of sp³-hybridized carbons (Fsp3) is 0.727. The monoisotopic (exact) mass is 213 g/mol. The van der Waals surface area contributed by atoms with Crippen LogP contribution in [0.15, 0.2) is 11.8 Å². The molecule has 0 bridgehead atoms. The van der Waals surface area contributed by atoms with Gasteiger partial charge in [0.15, 0.2) is 0 Å². The van der Waals surface area contributed by atoms with E-state index in [-0.39, 0.29) is 12.0 Å². The highest BCUT2D eigenvalue weighted by Crippen LogP contribution is 2.32. The first kappa shape index (κ1) is 10.5. The standard InChI is InChI=1S/C11H16FNO2/c1-2-15-11(14)10-5-7-3-4-8(12)6-9(7)13-10/h5,7-9,13H,2-4,6H2,1H3. The van der Waals surface area contributed by atoms with Crippen LogP contribution in [0, 0.1) is 5.92 Å². The van der Waals surface area contributed by atoms with Crippen molar-refractivity contribution in [3.63, 3.8) is 0 Å². The molecule has 0 amide bonds. The highest BCUT2D eigenvalue weighted by atomic mass is 19.1. The third-order valence-electron chi connectivity index (χ3n) is 3.06. The Morgan fingerprint density at radius 1 is 1.67 bits per heavy atom. The zero-order valence-corrected chi connectivity index (χ0v) is 8.83. The predicted octanol–water partition coefficient (Wildman–Crippen LogP) is 1.54. The van der Waals surface area contributed by atoms with Crippen molar-refractivity contribution < 1.29 is 13.9 Å². The summed E-state index contributed by atoms with van der Waals surface area (Å²) >= 11 is 0. The number of esters is 1. The zero-order valence-electron chi connectivity index (χ0n) is 8.83. The van der Waals surface area contributed by atoms with Crippen LogP contribution in [0.25, 0.3) is 0 Å². The molecule has 0 saturated heterocycles. The fourth-order valence-electron chi connectivity index (χ4n) is 2.31. The van der Waals surface area contributed by atoms with Crippen LogP contribution in [0.5, 0.6) is 0 Å². The van der Waals surface area contributed by atoms with Crippen molar-refractivity contribution in [2.45, 2.75) is 38.4 Å². The van der Waals surface area contributed by atoms with E-state index < -0.39 is 6.17 Å². The van der Waals surface area contributed by atoms with Crippen LogP contribution in [-0.4, -0.2) is 24.8 Å². The van der Waals surface area contributed by atoms with Gasteiger partial charge in [-0.3, -0.25) is 0 Å². The fourth-order valence-corrected chi connectivity index (χ4v) is 2.31. The van der Waals surface area contributed by atoms with E-state index in [9.17, 15) is 9.18 Å². The van der Waals surface area contributed by atoms with E-state index in [1.54, 1.807) is 6.92 Å². The van der Waals surface area contributed by atoms with E-state index >= 15 is 0 Å². The van der Waals surface area contributed by atoms with E-state index in [1.807, 2.05) is 6.08 Å². The van der Waals surface area contributed by atoms with Crippen LogP contribution in [0.1, 0.15) is 26.2 Å². The number of nitrogens with one attached hydrogen (secondary N) is 1. The molecular formula is C11H16FNO2. The molecule has 2 rings (SSSR count). The first-order chi connectivity index (χ1) is 7.20. The Kier molecular flexibility index (Phi) is 2.93. The summed E-state index contributed by atoms with van der Waals surface area (Å²) in [5.41, 5.74) is 0.515. The van der Waals surface area contributed by atoms with Crippen molar-refractivity contribution in [3.05, 3.63) is 11.8 Å². The minimum absolute atomic E-state index is 0.0909. The normalized spacial score (nSPS) is 34.0. The number of hydrogen-bond acceptors (Lipinski definition) is 3. The number of carbonyl (C=O) groups is 1. The number of fused-ring (bicyclic) bond motifs is 1. The van der Waals surface area contributed by atoms with Gasteiger partial charge in [0.2, 0.25) is 0 Å². The molecule has 3 nitrogen and oxygen atoms in total. The topological polar surface area (TPSA) is 38.3 Å². The molecule has 3 atom stereocenters. The number of hydrogen-bond donors (Lipinski definition) is 1. The molecule has 15 heavy (non-hydrogen) atoms. The second kappa shape index (κ2) is 4.21. The van der Waals surface area contributed by atoms with Crippen LogP contribution in [0.4, 0.5) is 4.39 Å². The second-order valence-corrected chi connectivity index (χ2v) is 4.13. The molecule has 1 fully saturated rings. The highest BCUT2D eigenvalue weighted by molar-refractivity contribution is 5.88. The third-order valence-corrected chi connectivity index (χ3v) is 3.06. The van der Waals surface area contributed by atoms with Crippen LogP contribution in [0.3, 0.4) is 0 Å². The molecule has 0 aromatic rings. The van der Waals surface area contributed by atoms with Crippen molar-refractivity contribution in [2.75, 3.05) is 6.61 Å². The summed E-state index contributed by atoms with van der Waals surface area (Å²) in [6.07, 6.45) is 3.10. The van der Waals surface area contributed by atoms with Gasteiger partial charge in [0.1, 0.15) is 11.9 Å². The summed E-state index contributed by atoms with van der Waals surface area (Å²) in [7, 11) is 0. The van der Waals surface area contributed by atoms with Gasteiger partial charge in [-0.2, -0.15) is 0 Å². The maximum Gasteiger partial charge on any atom is 0.354 e.